The summed E-state index contributed by atoms with van der Waals surface area (Å²) in [5, 5.41) is 9.24. The maximum atomic E-state index is 13.0. The van der Waals surface area contributed by atoms with Crippen molar-refractivity contribution in [1.29, 1.82) is 0 Å². The van der Waals surface area contributed by atoms with Gasteiger partial charge in [0.1, 0.15) is 0 Å². The third-order valence-electron chi connectivity index (χ3n) is 6.14. The first-order valence-electron chi connectivity index (χ1n) is 10.2. The normalized spacial score (nSPS) is 16.9. The van der Waals surface area contributed by atoms with Crippen LogP contribution < -0.4 is 0 Å². The van der Waals surface area contributed by atoms with Crippen LogP contribution in [-0.4, -0.2) is 15.6 Å². The second-order valence-corrected chi connectivity index (χ2v) is 9.16. The summed E-state index contributed by atoms with van der Waals surface area (Å²) in [5.74, 6) is -0.527. The van der Waals surface area contributed by atoms with Crippen LogP contribution >= 0.6 is 0 Å². The van der Waals surface area contributed by atoms with Crippen LogP contribution in [0.5, 0.6) is 0 Å². The Morgan fingerprint density at radius 1 is 1.10 bits per heavy atom. The van der Waals surface area contributed by atoms with Gasteiger partial charge in [0.2, 0.25) is 11.6 Å². The molecule has 1 N–H and O–H groups in total. The molecular formula is C24H24F3NO3. The minimum Gasteiger partial charge on any atom is -0.475 e. The minimum atomic E-state index is -4.41. The number of hydrogen-bond acceptors (Lipinski definition) is 2. The summed E-state index contributed by atoms with van der Waals surface area (Å²) in [7, 11) is 0. The number of aromatic carboxylic acids is 1. The summed E-state index contributed by atoms with van der Waals surface area (Å²) in [6.45, 7) is 6.63. The van der Waals surface area contributed by atoms with Crippen LogP contribution in [0, 0.1) is 11.3 Å². The molecule has 2 aromatic heterocycles. The van der Waals surface area contributed by atoms with Crippen molar-refractivity contribution in [3.63, 3.8) is 0 Å². The Labute approximate surface area is 178 Å². The van der Waals surface area contributed by atoms with Gasteiger partial charge in [-0.25, -0.2) is 4.79 Å². The predicted octanol–water partition coefficient (Wildman–Crippen LogP) is 6.61. The van der Waals surface area contributed by atoms with E-state index in [2.05, 4.69) is 20.8 Å². The SMILES string of the molecule is CC(C)(C)C1CCc2c(cc(-c3ccc(C(F)(F)F)cc3)n2-c2ccc(C(=O)O)o2)C1. The van der Waals surface area contributed by atoms with E-state index in [-0.39, 0.29) is 11.2 Å². The van der Waals surface area contributed by atoms with Gasteiger partial charge in [0, 0.05) is 11.8 Å². The average molecular weight is 431 g/mol. The highest BCUT2D eigenvalue weighted by Crippen LogP contribution is 2.41. The van der Waals surface area contributed by atoms with Crippen molar-refractivity contribution in [2.45, 2.75) is 46.2 Å². The third-order valence-corrected chi connectivity index (χ3v) is 6.14. The molecule has 3 aromatic rings. The number of alkyl halides is 3. The highest BCUT2D eigenvalue weighted by molar-refractivity contribution is 5.84. The lowest BCUT2D eigenvalue weighted by molar-refractivity contribution is -0.137. The fraction of sp³-hybridized carbons (Fsp3) is 0.375. The number of carbonyl (C=O) groups is 1. The number of rotatable bonds is 3. The molecule has 4 nitrogen and oxygen atoms in total. The van der Waals surface area contributed by atoms with Crippen LogP contribution in [0.3, 0.4) is 0 Å². The molecule has 1 aromatic carbocycles. The number of carboxylic acids is 1. The maximum Gasteiger partial charge on any atom is 0.416 e. The Kier molecular flexibility index (Phi) is 5.03. The van der Waals surface area contributed by atoms with Gasteiger partial charge in [-0.05, 0) is 66.0 Å². The Morgan fingerprint density at radius 2 is 1.77 bits per heavy atom. The van der Waals surface area contributed by atoms with Gasteiger partial charge < -0.3 is 9.52 Å². The first-order valence-corrected chi connectivity index (χ1v) is 10.2. The highest BCUT2D eigenvalue weighted by Gasteiger charge is 2.33. The van der Waals surface area contributed by atoms with E-state index in [4.69, 9.17) is 4.42 Å². The molecule has 164 valence electrons. The summed E-state index contributed by atoms with van der Waals surface area (Å²) in [6, 6.07) is 10.0. The molecule has 1 unspecified atom stereocenters. The zero-order valence-corrected chi connectivity index (χ0v) is 17.6. The van der Waals surface area contributed by atoms with Crippen molar-refractivity contribution in [3.05, 3.63) is 65.0 Å². The molecule has 7 heteroatoms. The number of hydrogen-bond donors (Lipinski definition) is 1. The smallest absolute Gasteiger partial charge is 0.416 e. The summed E-state index contributed by atoms with van der Waals surface area (Å²) >= 11 is 0. The van der Waals surface area contributed by atoms with E-state index in [1.807, 2.05) is 10.6 Å². The van der Waals surface area contributed by atoms with E-state index in [1.165, 1.54) is 18.2 Å². The highest BCUT2D eigenvalue weighted by atomic mass is 19.4. The fourth-order valence-corrected chi connectivity index (χ4v) is 4.33. The molecule has 2 heterocycles. The molecule has 31 heavy (non-hydrogen) atoms. The van der Waals surface area contributed by atoms with Gasteiger partial charge in [0.15, 0.2) is 0 Å². The van der Waals surface area contributed by atoms with Crippen molar-refractivity contribution in [3.8, 4) is 17.1 Å². The Bertz CT molecular complexity index is 1110. The van der Waals surface area contributed by atoms with Crippen LogP contribution in [0.1, 0.15) is 54.6 Å². The van der Waals surface area contributed by atoms with Crippen molar-refractivity contribution in [2.24, 2.45) is 11.3 Å². The van der Waals surface area contributed by atoms with Gasteiger partial charge in [0.05, 0.1) is 11.3 Å². The lowest BCUT2D eigenvalue weighted by Crippen LogP contribution is -2.27. The molecule has 4 rings (SSSR count). The topological polar surface area (TPSA) is 55.4 Å². The first-order chi connectivity index (χ1) is 14.4. The van der Waals surface area contributed by atoms with E-state index in [9.17, 15) is 23.1 Å². The lowest BCUT2D eigenvalue weighted by atomic mass is 9.72. The summed E-state index contributed by atoms with van der Waals surface area (Å²) in [5.41, 5.74) is 2.87. The molecule has 0 fully saturated rings. The number of aromatic nitrogens is 1. The zero-order valence-electron chi connectivity index (χ0n) is 17.6. The van der Waals surface area contributed by atoms with E-state index < -0.39 is 17.7 Å². The Morgan fingerprint density at radius 3 is 2.32 bits per heavy atom. The van der Waals surface area contributed by atoms with Crippen LogP contribution in [-0.2, 0) is 19.0 Å². The van der Waals surface area contributed by atoms with Crippen molar-refractivity contribution < 1.29 is 27.5 Å². The molecule has 0 saturated heterocycles. The standard InChI is InChI=1S/C24H24F3NO3/c1-23(2,3)17-8-9-18-15(12-17)13-19(14-4-6-16(7-5-14)24(25,26)27)28(18)21-11-10-20(31-21)22(29)30/h4-7,10-11,13,17H,8-9,12H2,1-3H3,(H,29,30). The average Bonchev–Trinajstić information content (AvgIpc) is 3.30. The molecule has 0 saturated carbocycles. The number of furan rings is 1. The van der Waals surface area contributed by atoms with Crippen LogP contribution in [0.15, 0.2) is 46.9 Å². The number of benzene rings is 1. The monoisotopic (exact) mass is 431 g/mol. The summed E-state index contributed by atoms with van der Waals surface area (Å²) in [6.07, 6.45) is -1.80. The molecule has 0 aliphatic heterocycles. The lowest BCUT2D eigenvalue weighted by Gasteiger charge is -2.34. The van der Waals surface area contributed by atoms with Crippen molar-refractivity contribution in [2.75, 3.05) is 0 Å². The molecular weight excluding hydrogens is 407 g/mol. The van der Waals surface area contributed by atoms with Gasteiger partial charge in [-0.2, -0.15) is 13.2 Å². The number of carboxylic acid groups (broad SMARTS) is 1. The number of nitrogens with zero attached hydrogens (tertiary/aromatic N) is 1. The molecule has 0 bridgehead atoms. The number of halogens is 3. The van der Waals surface area contributed by atoms with Crippen LogP contribution in [0.2, 0.25) is 0 Å². The van der Waals surface area contributed by atoms with Crippen molar-refractivity contribution >= 4 is 5.97 Å². The molecule has 1 aliphatic rings. The predicted molar refractivity (Wildman–Crippen MR) is 110 cm³/mol. The largest absolute Gasteiger partial charge is 0.475 e. The maximum absolute atomic E-state index is 13.0. The van der Waals surface area contributed by atoms with Gasteiger partial charge in [-0.15, -0.1) is 0 Å². The molecule has 0 amide bonds. The Hall–Kier alpha value is -2.96. The van der Waals surface area contributed by atoms with Gasteiger partial charge >= 0.3 is 12.1 Å². The van der Waals surface area contributed by atoms with E-state index in [0.29, 0.717) is 23.1 Å². The first kappa shape index (κ1) is 21.3. The molecule has 1 atom stereocenters. The molecule has 0 spiro atoms. The summed E-state index contributed by atoms with van der Waals surface area (Å²) in [4.78, 5) is 11.3. The Balaban J connectivity index is 1.84. The van der Waals surface area contributed by atoms with E-state index in [0.717, 1.165) is 42.7 Å². The fourth-order valence-electron chi connectivity index (χ4n) is 4.33. The third kappa shape index (κ3) is 4.01. The summed E-state index contributed by atoms with van der Waals surface area (Å²) < 4.78 is 46.5. The van der Waals surface area contributed by atoms with Crippen molar-refractivity contribution in [1.82, 2.24) is 4.57 Å². The van der Waals surface area contributed by atoms with Gasteiger partial charge in [-0.1, -0.05) is 32.9 Å². The number of fused-ring (bicyclic) bond motifs is 1. The minimum absolute atomic E-state index is 0.134. The molecule has 0 radical (unpaired) electrons. The van der Waals surface area contributed by atoms with Crippen LogP contribution in [0.25, 0.3) is 17.1 Å². The van der Waals surface area contributed by atoms with Gasteiger partial charge in [0.25, 0.3) is 0 Å². The molecule has 1 aliphatic carbocycles. The second-order valence-electron chi connectivity index (χ2n) is 9.16. The zero-order chi connectivity index (χ0) is 22.6. The van der Waals surface area contributed by atoms with Gasteiger partial charge in [-0.3, -0.25) is 4.57 Å². The quantitative estimate of drug-likeness (QED) is 0.508. The van der Waals surface area contributed by atoms with E-state index >= 15 is 0 Å². The van der Waals surface area contributed by atoms with Crippen LogP contribution in [0.4, 0.5) is 13.2 Å². The second kappa shape index (κ2) is 7.32. The van der Waals surface area contributed by atoms with E-state index in [1.54, 1.807) is 6.07 Å².